The van der Waals surface area contributed by atoms with Gasteiger partial charge in [-0.25, -0.2) is 0 Å². The number of ether oxygens (including phenoxy) is 1. The summed E-state index contributed by atoms with van der Waals surface area (Å²) in [7, 11) is 0. The Morgan fingerprint density at radius 3 is 2.40 bits per heavy atom. The lowest BCUT2D eigenvalue weighted by Gasteiger charge is -2.36. The zero-order chi connectivity index (χ0) is 10.9. The van der Waals surface area contributed by atoms with Crippen LogP contribution in [0.2, 0.25) is 0 Å². The van der Waals surface area contributed by atoms with E-state index >= 15 is 0 Å². The molecule has 0 spiro atoms. The molecule has 2 atom stereocenters. The second-order valence-electron chi connectivity index (χ2n) is 5.88. The van der Waals surface area contributed by atoms with Crippen LogP contribution >= 0.6 is 0 Å². The molecule has 0 aromatic heterocycles. The molecular formula is C13H24O2. The zero-order valence-electron chi connectivity index (χ0n) is 10.0. The molecule has 0 aromatic carbocycles. The Hall–Kier alpha value is -0.0800. The third-order valence-corrected chi connectivity index (χ3v) is 3.83. The standard InChI is InChI=1S/C13H24O2/c1-10(2)4-3-7-13(14)8-11-5-6-12(9-13)15-11/h10-12,14H,3-9H2,1-2H3. The van der Waals surface area contributed by atoms with E-state index in [4.69, 9.17) is 4.74 Å². The average Bonchev–Trinajstić information content (AvgIpc) is 2.45. The molecule has 2 heteroatoms. The Kier molecular flexibility index (Phi) is 3.36. The van der Waals surface area contributed by atoms with Gasteiger partial charge in [-0.3, -0.25) is 0 Å². The summed E-state index contributed by atoms with van der Waals surface area (Å²) in [6, 6.07) is 0. The van der Waals surface area contributed by atoms with Crippen LogP contribution < -0.4 is 0 Å². The van der Waals surface area contributed by atoms with E-state index in [-0.39, 0.29) is 0 Å². The first-order chi connectivity index (χ1) is 7.07. The van der Waals surface area contributed by atoms with Gasteiger partial charge >= 0.3 is 0 Å². The van der Waals surface area contributed by atoms with Crippen LogP contribution in [0.3, 0.4) is 0 Å². The van der Waals surface area contributed by atoms with Gasteiger partial charge in [-0.05, 0) is 25.2 Å². The summed E-state index contributed by atoms with van der Waals surface area (Å²) in [6.07, 6.45) is 8.16. The van der Waals surface area contributed by atoms with E-state index in [1.165, 1.54) is 6.42 Å². The third-order valence-electron chi connectivity index (χ3n) is 3.83. The molecule has 2 rings (SSSR count). The van der Waals surface area contributed by atoms with Gasteiger partial charge in [0.05, 0.1) is 17.8 Å². The first-order valence-electron chi connectivity index (χ1n) is 6.45. The molecule has 0 aliphatic carbocycles. The molecule has 0 aromatic rings. The Balaban J connectivity index is 1.80. The molecule has 1 N–H and O–H groups in total. The first kappa shape index (κ1) is 11.4. The molecule has 2 unspecified atom stereocenters. The van der Waals surface area contributed by atoms with Crippen molar-refractivity contribution in [2.75, 3.05) is 0 Å². The Labute approximate surface area is 93.0 Å². The van der Waals surface area contributed by atoms with Crippen molar-refractivity contribution in [1.82, 2.24) is 0 Å². The highest BCUT2D eigenvalue weighted by Crippen LogP contribution is 2.40. The van der Waals surface area contributed by atoms with E-state index < -0.39 is 5.60 Å². The first-order valence-corrected chi connectivity index (χ1v) is 6.45. The number of aliphatic hydroxyl groups is 1. The number of fused-ring (bicyclic) bond motifs is 2. The lowest BCUT2D eigenvalue weighted by molar-refractivity contribution is -0.115. The predicted octanol–water partition coefficient (Wildman–Crippen LogP) is 2.89. The maximum absolute atomic E-state index is 10.5. The van der Waals surface area contributed by atoms with Gasteiger partial charge in [0.25, 0.3) is 0 Å². The highest BCUT2D eigenvalue weighted by Gasteiger charge is 2.42. The lowest BCUT2D eigenvalue weighted by Crippen LogP contribution is -2.40. The van der Waals surface area contributed by atoms with Crippen molar-refractivity contribution in [1.29, 1.82) is 0 Å². The van der Waals surface area contributed by atoms with E-state index in [0.717, 1.165) is 44.4 Å². The quantitative estimate of drug-likeness (QED) is 0.776. The van der Waals surface area contributed by atoms with E-state index in [2.05, 4.69) is 13.8 Å². The van der Waals surface area contributed by atoms with Crippen LogP contribution in [0.15, 0.2) is 0 Å². The van der Waals surface area contributed by atoms with Gasteiger partial charge in [0, 0.05) is 12.8 Å². The number of hydrogen-bond donors (Lipinski definition) is 1. The SMILES string of the molecule is CC(C)CCCC1(O)CC2CCC(C1)O2. The van der Waals surface area contributed by atoms with Gasteiger partial charge in [0.2, 0.25) is 0 Å². The fourth-order valence-electron chi connectivity index (χ4n) is 3.05. The minimum atomic E-state index is -0.404. The van der Waals surface area contributed by atoms with Crippen molar-refractivity contribution in [3.8, 4) is 0 Å². The summed E-state index contributed by atoms with van der Waals surface area (Å²) in [6.45, 7) is 4.50. The smallest absolute Gasteiger partial charge is 0.0697 e. The van der Waals surface area contributed by atoms with Gasteiger partial charge in [0.15, 0.2) is 0 Å². The molecular weight excluding hydrogens is 188 g/mol. The monoisotopic (exact) mass is 212 g/mol. The summed E-state index contributed by atoms with van der Waals surface area (Å²) < 4.78 is 5.76. The molecule has 2 fully saturated rings. The van der Waals surface area contributed by atoms with Gasteiger partial charge in [-0.1, -0.05) is 26.7 Å². The zero-order valence-corrected chi connectivity index (χ0v) is 10.0. The van der Waals surface area contributed by atoms with Crippen molar-refractivity contribution in [2.45, 2.75) is 76.6 Å². The summed E-state index contributed by atoms with van der Waals surface area (Å²) in [5.74, 6) is 0.755. The van der Waals surface area contributed by atoms with Crippen LogP contribution in [0.5, 0.6) is 0 Å². The largest absolute Gasteiger partial charge is 0.390 e. The number of hydrogen-bond acceptors (Lipinski definition) is 2. The number of rotatable bonds is 4. The van der Waals surface area contributed by atoms with Crippen LogP contribution in [-0.2, 0) is 4.74 Å². The second-order valence-corrected chi connectivity index (χ2v) is 5.88. The maximum Gasteiger partial charge on any atom is 0.0697 e. The minimum Gasteiger partial charge on any atom is -0.390 e. The van der Waals surface area contributed by atoms with Crippen LogP contribution in [0, 0.1) is 5.92 Å². The summed E-state index contributed by atoms with van der Waals surface area (Å²) >= 11 is 0. The van der Waals surface area contributed by atoms with Gasteiger partial charge in [0.1, 0.15) is 0 Å². The molecule has 0 amide bonds. The fraction of sp³-hybridized carbons (Fsp3) is 1.00. The van der Waals surface area contributed by atoms with Crippen LogP contribution in [0.4, 0.5) is 0 Å². The third kappa shape index (κ3) is 2.94. The van der Waals surface area contributed by atoms with E-state index in [1.54, 1.807) is 0 Å². The van der Waals surface area contributed by atoms with Crippen molar-refractivity contribution >= 4 is 0 Å². The molecule has 2 aliphatic heterocycles. The Morgan fingerprint density at radius 2 is 1.87 bits per heavy atom. The van der Waals surface area contributed by atoms with Crippen molar-refractivity contribution in [2.24, 2.45) is 5.92 Å². The van der Waals surface area contributed by atoms with Gasteiger partial charge in [-0.2, -0.15) is 0 Å². The lowest BCUT2D eigenvalue weighted by atomic mass is 9.85. The topological polar surface area (TPSA) is 29.5 Å². The molecule has 15 heavy (non-hydrogen) atoms. The average molecular weight is 212 g/mol. The van der Waals surface area contributed by atoms with Crippen molar-refractivity contribution < 1.29 is 9.84 Å². The molecule has 0 saturated carbocycles. The maximum atomic E-state index is 10.5. The Bertz CT molecular complexity index is 201. The predicted molar refractivity (Wildman–Crippen MR) is 60.8 cm³/mol. The molecule has 0 radical (unpaired) electrons. The Morgan fingerprint density at radius 1 is 1.27 bits per heavy atom. The van der Waals surface area contributed by atoms with Gasteiger partial charge < -0.3 is 9.84 Å². The van der Waals surface area contributed by atoms with E-state index in [9.17, 15) is 5.11 Å². The fourth-order valence-corrected chi connectivity index (χ4v) is 3.05. The molecule has 2 aliphatic rings. The highest BCUT2D eigenvalue weighted by molar-refractivity contribution is 4.94. The molecule has 2 heterocycles. The van der Waals surface area contributed by atoms with Crippen LogP contribution in [-0.4, -0.2) is 22.9 Å². The van der Waals surface area contributed by atoms with Crippen molar-refractivity contribution in [3.05, 3.63) is 0 Å². The van der Waals surface area contributed by atoms with E-state index in [1.807, 2.05) is 0 Å². The summed E-state index contributed by atoms with van der Waals surface area (Å²) in [5.41, 5.74) is -0.404. The molecule has 2 saturated heterocycles. The van der Waals surface area contributed by atoms with E-state index in [0.29, 0.717) is 12.2 Å². The summed E-state index contributed by atoms with van der Waals surface area (Å²) in [4.78, 5) is 0. The summed E-state index contributed by atoms with van der Waals surface area (Å²) in [5, 5.41) is 10.5. The van der Waals surface area contributed by atoms with Crippen LogP contribution in [0.25, 0.3) is 0 Å². The molecule has 88 valence electrons. The highest BCUT2D eigenvalue weighted by atomic mass is 16.5. The second kappa shape index (κ2) is 4.42. The van der Waals surface area contributed by atoms with Crippen LogP contribution in [0.1, 0.15) is 58.8 Å². The normalized spacial score (nSPS) is 40.0. The van der Waals surface area contributed by atoms with Crippen molar-refractivity contribution in [3.63, 3.8) is 0 Å². The molecule has 2 nitrogen and oxygen atoms in total. The van der Waals surface area contributed by atoms with Gasteiger partial charge in [-0.15, -0.1) is 0 Å². The minimum absolute atomic E-state index is 0.354. The molecule has 2 bridgehead atoms.